The predicted octanol–water partition coefficient (Wildman–Crippen LogP) is 1.26. The summed E-state index contributed by atoms with van der Waals surface area (Å²) in [6.45, 7) is 3.97. The summed E-state index contributed by atoms with van der Waals surface area (Å²) in [5.41, 5.74) is 0.109. The van der Waals surface area contributed by atoms with Crippen LogP contribution in [0, 0.1) is 5.82 Å². The van der Waals surface area contributed by atoms with E-state index in [2.05, 4.69) is 22.1 Å². The highest BCUT2D eigenvalue weighted by molar-refractivity contribution is 5.51. The lowest BCUT2D eigenvalue weighted by Crippen LogP contribution is -2.43. The monoisotopic (exact) mass is 304 g/mol. The zero-order valence-electron chi connectivity index (χ0n) is 12.2. The Hall–Kier alpha value is -2.41. The molecule has 0 atom stereocenters. The molecule has 0 amide bonds. The third kappa shape index (κ3) is 2.55. The first kappa shape index (κ1) is 14.5. The molecule has 1 aromatic heterocycles. The lowest BCUT2D eigenvalue weighted by Gasteiger charge is -2.30. The molecule has 0 radical (unpaired) electrons. The number of H-pyrrole nitrogens is 1. The van der Waals surface area contributed by atoms with Crippen molar-refractivity contribution in [2.45, 2.75) is 19.9 Å². The van der Waals surface area contributed by atoms with Crippen molar-refractivity contribution in [1.29, 1.82) is 0 Å². The number of aromatic nitrogens is 2. The summed E-state index contributed by atoms with van der Waals surface area (Å²) >= 11 is 0. The highest BCUT2D eigenvalue weighted by Crippen LogP contribution is 2.20. The van der Waals surface area contributed by atoms with E-state index in [4.69, 9.17) is 0 Å². The second-order valence-corrected chi connectivity index (χ2v) is 5.29. The van der Waals surface area contributed by atoms with Crippen LogP contribution in [-0.2, 0) is 6.54 Å². The predicted molar refractivity (Wildman–Crippen MR) is 81.8 cm³/mol. The van der Waals surface area contributed by atoms with Gasteiger partial charge in [-0.2, -0.15) is 0 Å². The molecule has 2 N–H and O–H groups in total. The van der Waals surface area contributed by atoms with Crippen molar-refractivity contribution in [3.05, 3.63) is 56.5 Å². The van der Waals surface area contributed by atoms with Crippen LogP contribution in [0.4, 0.5) is 10.2 Å². The Balaban J connectivity index is 2.13. The SMILES string of the molecule is CCCN1CNc2c(c(=O)[nH]c(=O)n2-c2ccc(F)cc2)C1. The minimum absolute atomic E-state index is 0.378. The Morgan fingerprint density at radius 3 is 2.64 bits per heavy atom. The van der Waals surface area contributed by atoms with Gasteiger partial charge in [0.25, 0.3) is 5.56 Å². The molecule has 0 aliphatic carbocycles. The molecule has 1 aliphatic heterocycles. The molecule has 1 aromatic carbocycles. The average Bonchev–Trinajstić information content (AvgIpc) is 2.50. The average molecular weight is 304 g/mol. The fourth-order valence-corrected chi connectivity index (χ4v) is 2.68. The van der Waals surface area contributed by atoms with Crippen molar-refractivity contribution < 1.29 is 4.39 Å². The molecule has 2 aromatic rings. The van der Waals surface area contributed by atoms with Crippen LogP contribution in [0.3, 0.4) is 0 Å². The van der Waals surface area contributed by atoms with Crippen molar-refractivity contribution in [2.24, 2.45) is 0 Å². The zero-order chi connectivity index (χ0) is 15.7. The van der Waals surface area contributed by atoms with Gasteiger partial charge in [0.1, 0.15) is 11.6 Å². The maximum Gasteiger partial charge on any atom is 0.334 e. The standard InChI is InChI=1S/C15H17FN4O2/c1-2-7-19-8-12-13(17-9-19)20(15(22)18-14(12)21)11-5-3-10(16)4-6-11/h3-6,17H,2,7-9H2,1H3,(H,18,21,22). The van der Waals surface area contributed by atoms with E-state index in [9.17, 15) is 14.0 Å². The summed E-state index contributed by atoms with van der Waals surface area (Å²) in [4.78, 5) is 28.7. The van der Waals surface area contributed by atoms with E-state index in [1.807, 2.05) is 0 Å². The molecule has 22 heavy (non-hydrogen) atoms. The fourth-order valence-electron chi connectivity index (χ4n) is 2.68. The third-order valence-electron chi connectivity index (χ3n) is 3.68. The Kier molecular flexibility index (Phi) is 3.81. The minimum atomic E-state index is -0.535. The second-order valence-electron chi connectivity index (χ2n) is 5.29. The number of nitrogens with one attached hydrogen (secondary N) is 2. The molecule has 0 bridgehead atoms. The molecule has 6 nitrogen and oxygen atoms in total. The van der Waals surface area contributed by atoms with Gasteiger partial charge in [-0.05, 0) is 37.2 Å². The number of nitrogens with zero attached hydrogens (tertiary/aromatic N) is 2. The van der Waals surface area contributed by atoms with Crippen LogP contribution in [0.25, 0.3) is 5.69 Å². The van der Waals surface area contributed by atoms with Crippen molar-refractivity contribution >= 4 is 5.82 Å². The molecule has 0 spiro atoms. The summed E-state index contributed by atoms with van der Waals surface area (Å²) in [7, 11) is 0. The molecule has 0 fully saturated rings. The molecule has 0 saturated heterocycles. The van der Waals surface area contributed by atoms with E-state index in [1.54, 1.807) is 0 Å². The summed E-state index contributed by atoms with van der Waals surface area (Å²) in [6.07, 6.45) is 0.979. The van der Waals surface area contributed by atoms with Gasteiger partial charge in [-0.1, -0.05) is 6.92 Å². The first-order valence-electron chi connectivity index (χ1n) is 7.20. The zero-order valence-corrected chi connectivity index (χ0v) is 12.2. The molecule has 1 aliphatic rings. The van der Waals surface area contributed by atoms with Crippen LogP contribution in [0.5, 0.6) is 0 Å². The quantitative estimate of drug-likeness (QED) is 0.895. The molecular weight excluding hydrogens is 287 g/mol. The highest BCUT2D eigenvalue weighted by atomic mass is 19.1. The van der Waals surface area contributed by atoms with Gasteiger partial charge in [0, 0.05) is 6.54 Å². The van der Waals surface area contributed by atoms with E-state index >= 15 is 0 Å². The maximum atomic E-state index is 13.1. The number of benzene rings is 1. The number of anilines is 1. The molecule has 0 unspecified atom stereocenters. The topological polar surface area (TPSA) is 70.1 Å². The van der Waals surface area contributed by atoms with Gasteiger partial charge in [-0.25, -0.2) is 13.8 Å². The summed E-state index contributed by atoms with van der Waals surface area (Å²) in [6, 6.07) is 5.59. The molecule has 116 valence electrons. The van der Waals surface area contributed by atoms with Gasteiger partial charge in [-0.15, -0.1) is 0 Å². The van der Waals surface area contributed by atoms with Gasteiger partial charge in [-0.3, -0.25) is 14.7 Å². The second kappa shape index (κ2) is 5.76. The van der Waals surface area contributed by atoms with Crippen LogP contribution in [0.2, 0.25) is 0 Å². The minimum Gasteiger partial charge on any atom is -0.358 e. The summed E-state index contributed by atoms with van der Waals surface area (Å²) in [5.74, 6) is 0.102. The van der Waals surface area contributed by atoms with Gasteiger partial charge in [0.05, 0.1) is 17.9 Å². The Labute approximate surface area is 126 Å². The van der Waals surface area contributed by atoms with E-state index in [0.717, 1.165) is 13.0 Å². The number of fused-ring (bicyclic) bond motifs is 1. The number of hydrogen-bond donors (Lipinski definition) is 2. The number of hydrogen-bond acceptors (Lipinski definition) is 4. The summed E-state index contributed by atoms with van der Waals surface area (Å²) in [5, 5.41) is 3.14. The number of halogens is 1. The lowest BCUT2D eigenvalue weighted by atomic mass is 10.2. The molecule has 0 saturated carbocycles. The normalized spacial score (nSPS) is 14.5. The van der Waals surface area contributed by atoms with E-state index in [-0.39, 0.29) is 11.4 Å². The molecular formula is C15H17FN4O2. The van der Waals surface area contributed by atoms with Gasteiger partial charge in [0.15, 0.2) is 0 Å². The molecule has 2 heterocycles. The van der Waals surface area contributed by atoms with Gasteiger partial charge >= 0.3 is 5.69 Å². The molecule has 3 rings (SSSR count). The van der Waals surface area contributed by atoms with Crippen LogP contribution < -0.4 is 16.6 Å². The number of aromatic amines is 1. The Bertz CT molecular complexity index is 795. The van der Waals surface area contributed by atoms with E-state index < -0.39 is 5.69 Å². The first-order valence-corrected chi connectivity index (χ1v) is 7.20. The number of rotatable bonds is 3. The smallest absolute Gasteiger partial charge is 0.334 e. The van der Waals surface area contributed by atoms with Crippen molar-refractivity contribution in [3.63, 3.8) is 0 Å². The fraction of sp³-hybridized carbons (Fsp3) is 0.333. The molecule has 7 heteroatoms. The Morgan fingerprint density at radius 1 is 1.23 bits per heavy atom. The van der Waals surface area contributed by atoms with Crippen molar-refractivity contribution in [2.75, 3.05) is 18.5 Å². The largest absolute Gasteiger partial charge is 0.358 e. The van der Waals surface area contributed by atoms with E-state index in [0.29, 0.717) is 30.3 Å². The Morgan fingerprint density at radius 2 is 1.95 bits per heavy atom. The first-order chi connectivity index (χ1) is 10.6. The third-order valence-corrected chi connectivity index (χ3v) is 3.68. The maximum absolute atomic E-state index is 13.1. The lowest BCUT2D eigenvalue weighted by molar-refractivity contribution is 0.273. The summed E-state index contributed by atoms with van der Waals surface area (Å²) < 4.78 is 14.4. The van der Waals surface area contributed by atoms with E-state index in [1.165, 1.54) is 28.8 Å². The van der Waals surface area contributed by atoms with Crippen molar-refractivity contribution in [1.82, 2.24) is 14.5 Å². The van der Waals surface area contributed by atoms with Crippen molar-refractivity contribution in [3.8, 4) is 5.69 Å². The van der Waals surface area contributed by atoms with Gasteiger partial charge in [0.2, 0.25) is 0 Å². The van der Waals surface area contributed by atoms with Crippen LogP contribution in [0.1, 0.15) is 18.9 Å². The van der Waals surface area contributed by atoms with Crippen LogP contribution in [-0.4, -0.2) is 27.7 Å². The van der Waals surface area contributed by atoms with Gasteiger partial charge < -0.3 is 5.32 Å². The van der Waals surface area contributed by atoms with Crippen LogP contribution >= 0.6 is 0 Å². The van der Waals surface area contributed by atoms with Crippen LogP contribution in [0.15, 0.2) is 33.9 Å². The highest BCUT2D eigenvalue weighted by Gasteiger charge is 2.22.